The highest BCUT2D eigenvalue weighted by Gasteiger charge is 2.11. The molecule has 0 aromatic heterocycles. The monoisotopic (exact) mass is 300 g/mol. The van der Waals surface area contributed by atoms with Crippen LogP contribution in [0.15, 0.2) is 24.3 Å². The Bertz CT molecular complexity index is 423. The van der Waals surface area contributed by atoms with Crippen molar-refractivity contribution in [2.45, 2.75) is 6.92 Å². The van der Waals surface area contributed by atoms with Crippen LogP contribution in [0.3, 0.4) is 0 Å². The number of nitrogens with zero attached hydrogens (tertiary/aromatic N) is 1. The molecule has 1 rings (SSSR count). The van der Waals surface area contributed by atoms with Gasteiger partial charge in [0.1, 0.15) is 0 Å². The van der Waals surface area contributed by atoms with E-state index in [1.54, 1.807) is 6.07 Å². The third kappa shape index (κ3) is 4.14. The molecule has 1 atom stereocenters. The van der Waals surface area contributed by atoms with Gasteiger partial charge >= 0.3 is 0 Å². The lowest BCUT2D eigenvalue weighted by atomic mass is 10.1. The van der Waals surface area contributed by atoms with Gasteiger partial charge < -0.3 is 5.32 Å². The van der Waals surface area contributed by atoms with Gasteiger partial charge in [-0.2, -0.15) is 0 Å². The standard InChI is InChI=1S/C11H13BrN2O3/c1-8(6-12)7-13-11(15)9-3-2-4-10(5-9)14(16)17/h2-5,8H,6-7H2,1H3,(H,13,15). The molecule has 1 amide bonds. The van der Waals surface area contributed by atoms with Gasteiger partial charge in [0.25, 0.3) is 11.6 Å². The van der Waals surface area contributed by atoms with Crippen molar-refractivity contribution in [3.8, 4) is 0 Å². The summed E-state index contributed by atoms with van der Waals surface area (Å²) in [5, 5.41) is 14.1. The fourth-order valence-corrected chi connectivity index (χ4v) is 1.41. The second kappa shape index (κ2) is 6.34. The number of hydrogen-bond donors (Lipinski definition) is 1. The van der Waals surface area contributed by atoms with Crippen molar-refractivity contribution in [1.82, 2.24) is 5.32 Å². The van der Waals surface area contributed by atoms with Gasteiger partial charge in [0.15, 0.2) is 0 Å². The summed E-state index contributed by atoms with van der Waals surface area (Å²) in [6.07, 6.45) is 0. The zero-order valence-electron chi connectivity index (χ0n) is 9.35. The van der Waals surface area contributed by atoms with Crippen LogP contribution >= 0.6 is 15.9 Å². The minimum absolute atomic E-state index is 0.0776. The Morgan fingerprint density at radius 1 is 1.59 bits per heavy atom. The van der Waals surface area contributed by atoms with Crippen molar-refractivity contribution in [1.29, 1.82) is 0 Å². The topological polar surface area (TPSA) is 72.2 Å². The molecule has 1 unspecified atom stereocenters. The van der Waals surface area contributed by atoms with Crippen LogP contribution in [-0.4, -0.2) is 22.7 Å². The average molecular weight is 301 g/mol. The Morgan fingerprint density at radius 3 is 2.88 bits per heavy atom. The highest BCUT2D eigenvalue weighted by molar-refractivity contribution is 9.09. The molecular weight excluding hydrogens is 288 g/mol. The lowest BCUT2D eigenvalue weighted by Gasteiger charge is -2.09. The van der Waals surface area contributed by atoms with Crippen molar-refractivity contribution in [2.24, 2.45) is 5.92 Å². The number of alkyl halides is 1. The molecule has 0 fully saturated rings. The number of rotatable bonds is 5. The van der Waals surface area contributed by atoms with Crippen LogP contribution in [0.2, 0.25) is 0 Å². The molecule has 0 aliphatic carbocycles. The van der Waals surface area contributed by atoms with E-state index in [1.165, 1.54) is 18.2 Å². The Balaban J connectivity index is 2.69. The molecule has 17 heavy (non-hydrogen) atoms. The molecule has 92 valence electrons. The number of nitro benzene ring substituents is 1. The molecule has 6 heteroatoms. The number of amides is 1. The van der Waals surface area contributed by atoms with Gasteiger partial charge in [-0.1, -0.05) is 28.9 Å². The van der Waals surface area contributed by atoms with Gasteiger partial charge in [-0.25, -0.2) is 0 Å². The number of benzene rings is 1. The van der Waals surface area contributed by atoms with Gasteiger partial charge in [-0.3, -0.25) is 14.9 Å². The SMILES string of the molecule is CC(CBr)CNC(=O)c1cccc([N+](=O)[O-])c1. The van der Waals surface area contributed by atoms with Crippen molar-refractivity contribution in [3.63, 3.8) is 0 Å². The summed E-state index contributed by atoms with van der Waals surface area (Å²) in [5.41, 5.74) is 0.229. The fraction of sp³-hybridized carbons (Fsp3) is 0.364. The molecule has 1 N–H and O–H groups in total. The lowest BCUT2D eigenvalue weighted by Crippen LogP contribution is -2.28. The van der Waals surface area contributed by atoms with Crippen LogP contribution in [0.1, 0.15) is 17.3 Å². The summed E-state index contributed by atoms with van der Waals surface area (Å²) >= 11 is 3.31. The maximum absolute atomic E-state index is 11.7. The molecule has 0 aliphatic heterocycles. The summed E-state index contributed by atoms with van der Waals surface area (Å²) in [5.74, 6) is 0.0270. The molecule has 0 spiro atoms. The molecule has 0 bridgehead atoms. The predicted molar refractivity (Wildman–Crippen MR) is 68.4 cm³/mol. The van der Waals surface area contributed by atoms with Gasteiger partial charge in [-0.05, 0) is 12.0 Å². The number of hydrogen-bond acceptors (Lipinski definition) is 3. The highest BCUT2D eigenvalue weighted by Crippen LogP contribution is 2.13. The summed E-state index contributed by atoms with van der Waals surface area (Å²) in [6.45, 7) is 2.52. The van der Waals surface area contributed by atoms with E-state index >= 15 is 0 Å². The van der Waals surface area contributed by atoms with Crippen LogP contribution in [-0.2, 0) is 0 Å². The molecule has 1 aromatic rings. The van der Waals surface area contributed by atoms with Crippen LogP contribution in [0.5, 0.6) is 0 Å². The van der Waals surface area contributed by atoms with Gasteiger partial charge in [0, 0.05) is 29.6 Å². The van der Waals surface area contributed by atoms with E-state index < -0.39 is 4.92 Å². The van der Waals surface area contributed by atoms with Crippen LogP contribution in [0.25, 0.3) is 0 Å². The third-order valence-corrected chi connectivity index (χ3v) is 3.30. The maximum Gasteiger partial charge on any atom is 0.270 e. The minimum Gasteiger partial charge on any atom is -0.352 e. The normalized spacial score (nSPS) is 11.9. The zero-order valence-corrected chi connectivity index (χ0v) is 10.9. The summed E-state index contributed by atoms with van der Waals surface area (Å²) in [7, 11) is 0. The van der Waals surface area contributed by atoms with E-state index in [2.05, 4.69) is 21.2 Å². The molecule has 0 aliphatic rings. The first-order chi connectivity index (χ1) is 8.04. The summed E-state index contributed by atoms with van der Waals surface area (Å²) in [6, 6.07) is 5.69. The molecular formula is C11H13BrN2O3. The fourth-order valence-electron chi connectivity index (χ4n) is 1.18. The van der Waals surface area contributed by atoms with E-state index in [0.717, 1.165) is 5.33 Å². The van der Waals surface area contributed by atoms with E-state index in [0.29, 0.717) is 18.0 Å². The molecule has 0 heterocycles. The smallest absolute Gasteiger partial charge is 0.270 e. The molecule has 0 saturated carbocycles. The average Bonchev–Trinajstić information content (AvgIpc) is 2.35. The zero-order chi connectivity index (χ0) is 12.8. The van der Waals surface area contributed by atoms with Crippen LogP contribution < -0.4 is 5.32 Å². The maximum atomic E-state index is 11.7. The number of carbonyl (C=O) groups is 1. The quantitative estimate of drug-likeness (QED) is 0.515. The summed E-state index contributed by atoms with van der Waals surface area (Å²) in [4.78, 5) is 21.7. The minimum atomic E-state index is -0.516. The van der Waals surface area contributed by atoms with E-state index in [9.17, 15) is 14.9 Å². The lowest BCUT2D eigenvalue weighted by molar-refractivity contribution is -0.384. The van der Waals surface area contributed by atoms with Crippen molar-refractivity contribution < 1.29 is 9.72 Å². The molecule has 5 nitrogen and oxygen atoms in total. The van der Waals surface area contributed by atoms with Crippen molar-refractivity contribution in [3.05, 3.63) is 39.9 Å². The van der Waals surface area contributed by atoms with Gasteiger partial charge in [0.2, 0.25) is 0 Å². The van der Waals surface area contributed by atoms with Crippen LogP contribution in [0.4, 0.5) is 5.69 Å². The molecule has 1 aromatic carbocycles. The van der Waals surface area contributed by atoms with Crippen molar-refractivity contribution in [2.75, 3.05) is 11.9 Å². The first-order valence-corrected chi connectivity index (χ1v) is 6.25. The second-order valence-electron chi connectivity index (χ2n) is 3.78. The van der Waals surface area contributed by atoms with E-state index in [1.807, 2.05) is 6.92 Å². The number of nitro groups is 1. The van der Waals surface area contributed by atoms with Gasteiger partial charge in [-0.15, -0.1) is 0 Å². The largest absolute Gasteiger partial charge is 0.352 e. The van der Waals surface area contributed by atoms with Crippen molar-refractivity contribution >= 4 is 27.5 Å². The number of halogens is 1. The first kappa shape index (κ1) is 13.6. The highest BCUT2D eigenvalue weighted by atomic mass is 79.9. The molecule has 0 saturated heterocycles. The van der Waals surface area contributed by atoms with Crippen LogP contribution in [0, 0.1) is 16.0 Å². The summed E-state index contributed by atoms with van der Waals surface area (Å²) < 4.78 is 0. The van der Waals surface area contributed by atoms with Gasteiger partial charge in [0.05, 0.1) is 4.92 Å². The number of carbonyl (C=O) groups excluding carboxylic acids is 1. The Labute approximate surface area is 107 Å². The van der Waals surface area contributed by atoms with E-state index in [4.69, 9.17) is 0 Å². The molecule has 0 radical (unpaired) electrons. The number of nitrogens with one attached hydrogen (secondary N) is 1. The Hall–Kier alpha value is -1.43. The van der Waals surface area contributed by atoms with E-state index in [-0.39, 0.29) is 11.6 Å². The Kier molecular flexibility index (Phi) is 5.09. The third-order valence-electron chi connectivity index (χ3n) is 2.19. The predicted octanol–water partition coefficient (Wildman–Crippen LogP) is 2.36. The Morgan fingerprint density at radius 2 is 2.29 bits per heavy atom. The first-order valence-electron chi connectivity index (χ1n) is 5.13. The number of non-ortho nitro benzene ring substituents is 1. The second-order valence-corrected chi connectivity index (χ2v) is 4.42.